The zero-order valence-electron chi connectivity index (χ0n) is 15.9. The van der Waals surface area contributed by atoms with Crippen molar-refractivity contribution >= 4 is 28.1 Å². The lowest BCUT2D eigenvalue weighted by molar-refractivity contribution is -0.383. The number of hydrogen-bond acceptors (Lipinski definition) is 4. The van der Waals surface area contributed by atoms with Crippen LogP contribution in [0.2, 0.25) is 0 Å². The summed E-state index contributed by atoms with van der Waals surface area (Å²) >= 11 is 0. The van der Waals surface area contributed by atoms with Gasteiger partial charge in [0.25, 0.3) is 5.69 Å². The monoisotopic (exact) mass is 357 g/mol. The van der Waals surface area contributed by atoms with Crippen LogP contribution in [-0.4, -0.2) is 41.4 Å². The lowest BCUT2D eigenvalue weighted by Crippen LogP contribution is -2.45. The van der Waals surface area contributed by atoms with Crippen molar-refractivity contribution < 1.29 is 9.72 Å². The van der Waals surface area contributed by atoms with Crippen molar-refractivity contribution in [2.24, 2.45) is 0 Å². The SMILES string of the molecule is CCC(=O)N(c1ccc([N+](=O)[O-])c2ccccc12)C(C)CN(CC)CC. The molecular weight excluding hydrogens is 330 g/mol. The molecule has 0 bridgehead atoms. The molecule has 6 nitrogen and oxygen atoms in total. The number of nitro benzene ring substituents is 1. The molecule has 0 N–H and O–H groups in total. The van der Waals surface area contributed by atoms with Gasteiger partial charge in [0.1, 0.15) is 0 Å². The van der Waals surface area contributed by atoms with E-state index in [-0.39, 0.29) is 22.6 Å². The number of benzene rings is 2. The summed E-state index contributed by atoms with van der Waals surface area (Å²) in [5, 5.41) is 12.6. The fraction of sp³-hybridized carbons (Fsp3) is 0.450. The van der Waals surface area contributed by atoms with Gasteiger partial charge in [-0.2, -0.15) is 0 Å². The minimum Gasteiger partial charge on any atom is -0.308 e. The van der Waals surface area contributed by atoms with Gasteiger partial charge in [0.05, 0.1) is 16.0 Å². The van der Waals surface area contributed by atoms with E-state index in [0.29, 0.717) is 11.8 Å². The molecule has 26 heavy (non-hydrogen) atoms. The quantitative estimate of drug-likeness (QED) is 0.524. The fourth-order valence-corrected chi connectivity index (χ4v) is 3.36. The van der Waals surface area contributed by atoms with Crippen LogP contribution in [0.5, 0.6) is 0 Å². The Bertz CT molecular complexity index is 787. The first kappa shape index (κ1) is 19.8. The molecule has 2 rings (SSSR count). The maximum atomic E-state index is 12.7. The van der Waals surface area contributed by atoms with E-state index in [9.17, 15) is 14.9 Å². The van der Waals surface area contributed by atoms with Crippen LogP contribution in [-0.2, 0) is 4.79 Å². The van der Waals surface area contributed by atoms with Crippen LogP contribution < -0.4 is 4.90 Å². The van der Waals surface area contributed by atoms with E-state index >= 15 is 0 Å². The molecule has 0 spiro atoms. The van der Waals surface area contributed by atoms with E-state index in [2.05, 4.69) is 18.7 Å². The molecule has 1 unspecified atom stereocenters. The van der Waals surface area contributed by atoms with Crippen LogP contribution in [0, 0.1) is 10.1 Å². The number of rotatable bonds is 8. The number of non-ortho nitro benzene ring substituents is 1. The van der Waals surface area contributed by atoms with Gasteiger partial charge < -0.3 is 9.80 Å². The van der Waals surface area contributed by atoms with Gasteiger partial charge in [0.2, 0.25) is 5.91 Å². The van der Waals surface area contributed by atoms with Crippen LogP contribution in [0.4, 0.5) is 11.4 Å². The highest BCUT2D eigenvalue weighted by molar-refractivity contribution is 6.06. The predicted molar refractivity (Wildman–Crippen MR) is 106 cm³/mol. The van der Waals surface area contributed by atoms with Crippen LogP contribution >= 0.6 is 0 Å². The predicted octanol–water partition coefficient (Wildman–Crippen LogP) is 4.22. The Hall–Kier alpha value is -2.47. The second kappa shape index (κ2) is 8.76. The average molecular weight is 357 g/mol. The first-order chi connectivity index (χ1) is 12.4. The molecular formula is C20H27N3O3. The molecule has 0 aliphatic heterocycles. The first-order valence-corrected chi connectivity index (χ1v) is 9.15. The summed E-state index contributed by atoms with van der Waals surface area (Å²) in [7, 11) is 0. The number of likely N-dealkylation sites (N-methyl/N-ethyl adjacent to an activating group) is 1. The highest BCUT2D eigenvalue weighted by atomic mass is 16.6. The number of fused-ring (bicyclic) bond motifs is 1. The van der Waals surface area contributed by atoms with Gasteiger partial charge in [0.15, 0.2) is 0 Å². The zero-order valence-corrected chi connectivity index (χ0v) is 15.9. The van der Waals surface area contributed by atoms with Crippen molar-refractivity contribution in [3.8, 4) is 0 Å². The Balaban J connectivity index is 2.57. The number of hydrogen-bond donors (Lipinski definition) is 0. The summed E-state index contributed by atoms with van der Waals surface area (Å²) in [6, 6.07) is 10.4. The van der Waals surface area contributed by atoms with Crippen molar-refractivity contribution in [3.05, 3.63) is 46.5 Å². The smallest absolute Gasteiger partial charge is 0.277 e. The number of carbonyl (C=O) groups is 1. The third kappa shape index (κ3) is 4.02. The minimum absolute atomic E-state index is 0.0173. The van der Waals surface area contributed by atoms with E-state index in [0.717, 1.165) is 30.7 Å². The summed E-state index contributed by atoms with van der Waals surface area (Å²) in [6.07, 6.45) is 0.383. The Morgan fingerprint density at radius 1 is 1.08 bits per heavy atom. The van der Waals surface area contributed by atoms with Crippen LogP contribution in [0.1, 0.15) is 34.1 Å². The van der Waals surface area contributed by atoms with Crippen molar-refractivity contribution in [2.45, 2.75) is 40.2 Å². The van der Waals surface area contributed by atoms with E-state index in [1.807, 2.05) is 26.0 Å². The largest absolute Gasteiger partial charge is 0.308 e. The lowest BCUT2D eigenvalue weighted by atomic mass is 10.0. The minimum atomic E-state index is -0.378. The summed E-state index contributed by atoms with van der Waals surface area (Å²) < 4.78 is 0. The first-order valence-electron chi connectivity index (χ1n) is 9.15. The summed E-state index contributed by atoms with van der Waals surface area (Å²) in [5.74, 6) is 0.0173. The molecule has 140 valence electrons. The van der Waals surface area contributed by atoms with Gasteiger partial charge in [-0.15, -0.1) is 0 Å². The molecule has 0 heterocycles. The zero-order chi connectivity index (χ0) is 19.3. The Morgan fingerprint density at radius 3 is 2.23 bits per heavy atom. The van der Waals surface area contributed by atoms with Gasteiger partial charge in [0, 0.05) is 30.5 Å². The summed E-state index contributed by atoms with van der Waals surface area (Å²) in [6.45, 7) is 10.7. The van der Waals surface area contributed by atoms with Crippen LogP contribution in [0.15, 0.2) is 36.4 Å². The van der Waals surface area contributed by atoms with Crippen molar-refractivity contribution in [3.63, 3.8) is 0 Å². The van der Waals surface area contributed by atoms with Gasteiger partial charge in [-0.25, -0.2) is 0 Å². The molecule has 0 fully saturated rings. The molecule has 0 aromatic heterocycles. The average Bonchev–Trinajstić information content (AvgIpc) is 2.65. The number of nitro groups is 1. The third-order valence-electron chi connectivity index (χ3n) is 4.76. The van der Waals surface area contributed by atoms with Gasteiger partial charge in [-0.3, -0.25) is 14.9 Å². The standard InChI is InChI=1S/C20H27N3O3/c1-5-20(24)22(15(4)14-21(6-2)7-3)18-12-13-19(23(25)26)17-11-9-8-10-16(17)18/h8-13,15H,5-7,14H2,1-4H3. The molecule has 1 atom stereocenters. The molecule has 2 aromatic rings. The highest BCUT2D eigenvalue weighted by Crippen LogP contribution is 2.34. The molecule has 0 saturated carbocycles. The van der Waals surface area contributed by atoms with Gasteiger partial charge in [-0.1, -0.05) is 39.0 Å². The maximum Gasteiger partial charge on any atom is 0.277 e. The third-order valence-corrected chi connectivity index (χ3v) is 4.76. The molecule has 1 amide bonds. The van der Waals surface area contributed by atoms with Crippen molar-refractivity contribution in [1.29, 1.82) is 0 Å². The maximum absolute atomic E-state index is 12.7. The van der Waals surface area contributed by atoms with Gasteiger partial charge in [-0.05, 0) is 32.1 Å². The Labute approximate surface area is 154 Å². The van der Waals surface area contributed by atoms with Gasteiger partial charge >= 0.3 is 0 Å². The fourth-order valence-electron chi connectivity index (χ4n) is 3.36. The summed E-state index contributed by atoms with van der Waals surface area (Å²) in [4.78, 5) is 27.8. The highest BCUT2D eigenvalue weighted by Gasteiger charge is 2.25. The molecule has 0 saturated heterocycles. The molecule has 2 aromatic carbocycles. The normalized spacial score (nSPS) is 12.3. The molecule has 0 aliphatic carbocycles. The Morgan fingerprint density at radius 2 is 1.69 bits per heavy atom. The Kier molecular flexibility index (Phi) is 6.69. The van der Waals surface area contributed by atoms with Crippen molar-refractivity contribution in [1.82, 2.24) is 4.90 Å². The van der Waals surface area contributed by atoms with E-state index in [1.54, 1.807) is 23.1 Å². The van der Waals surface area contributed by atoms with Crippen LogP contribution in [0.3, 0.4) is 0 Å². The topological polar surface area (TPSA) is 66.7 Å². The number of anilines is 1. The van der Waals surface area contributed by atoms with Crippen molar-refractivity contribution in [2.75, 3.05) is 24.5 Å². The van der Waals surface area contributed by atoms with E-state index in [4.69, 9.17) is 0 Å². The molecule has 0 aliphatic rings. The van der Waals surface area contributed by atoms with E-state index < -0.39 is 0 Å². The van der Waals surface area contributed by atoms with E-state index in [1.165, 1.54) is 6.07 Å². The number of amides is 1. The second-order valence-corrected chi connectivity index (χ2v) is 6.36. The van der Waals surface area contributed by atoms with Crippen LogP contribution in [0.25, 0.3) is 10.8 Å². The number of nitrogens with zero attached hydrogens (tertiary/aromatic N) is 3. The summed E-state index contributed by atoms with van der Waals surface area (Å²) in [5.41, 5.74) is 0.794. The number of carbonyl (C=O) groups excluding carboxylic acids is 1. The molecule has 0 radical (unpaired) electrons. The lowest BCUT2D eigenvalue weighted by Gasteiger charge is -2.33. The second-order valence-electron chi connectivity index (χ2n) is 6.36. The molecule has 6 heteroatoms.